The number of carbonyl (C=O) groups is 2. The van der Waals surface area contributed by atoms with Crippen molar-refractivity contribution in [3.63, 3.8) is 0 Å². The third kappa shape index (κ3) is 2.50. The standard InChI is InChI=1S/C4H6O5.Mg/c1-4(9,2(5)6)3(7)8;/h9H,1H3,(H,5,6)(H,7,8);/q;+2/p-2. The van der Waals surface area contributed by atoms with Crippen molar-refractivity contribution in [3.05, 3.63) is 0 Å². The zero-order valence-electron chi connectivity index (χ0n) is 5.29. The van der Waals surface area contributed by atoms with Gasteiger partial charge in [0.2, 0.25) is 0 Å². The van der Waals surface area contributed by atoms with Crippen LogP contribution in [0.15, 0.2) is 0 Å². The van der Waals surface area contributed by atoms with Crippen LogP contribution in [0.1, 0.15) is 6.92 Å². The van der Waals surface area contributed by atoms with Gasteiger partial charge in [-0.15, -0.1) is 0 Å². The van der Waals surface area contributed by atoms with E-state index in [1.54, 1.807) is 0 Å². The zero-order chi connectivity index (χ0) is 7.65. The van der Waals surface area contributed by atoms with E-state index in [1.165, 1.54) is 0 Å². The van der Waals surface area contributed by atoms with Crippen LogP contribution in [0.3, 0.4) is 0 Å². The SMILES string of the molecule is CC(O)(C(=O)[O-])C(=O)[O-].[Mg+2]. The van der Waals surface area contributed by atoms with Gasteiger partial charge in [0.1, 0.15) is 5.60 Å². The van der Waals surface area contributed by atoms with Gasteiger partial charge in [-0.05, 0) is 6.92 Å². The van der Waals surface area contributed by atoms with Gasteiger partial charge in [0.15, 0.2) is 0 Å². The van der Waals surface area contributed by atoms with Crippen LogP contribution in [0.4, 0.5) is 0 Å². The van der Waals surface area contributed by atoms with Crippen molar-refractivity contribution in [1.82, 2.24) is 0 Å². The second-order valence-corrected chi connectivity index (χ2v) is 1.65. The van der Waals surface area contributed by atoms with Crippen LogP contribution in [-0.4, -0.2) is 45.7 Å². The predicted molar refractivity (Wildman–Crippen MR) is 26.4 cm³/mol. The second-order valence-electron chi connectivity index (χ2n) is 1.65. The molecule has 0 spiro atoms. The summed E-state index contributed by atoms with van der Waals surface area (Å²) in [5.41, 5.74) is -2.89. The molecule has 0 aromatic rings. The van der Waals surface area contributed by atoms with Gasteiger partial charge >= 0.3 is 23.1 Å². The number of aliphatic hydroxyl groups is 1. The minimum absolute atomic E-state index is 0. The van der Waals surface area contributed by atoms with Crippen molar-refractivity contribution in [3.8, 4) is 0 Å². The molecule has 10 heavy (non-hydrogen) atoms. The molecule has 0 aliphatic heterocycles. The summed E-state index contributed by atoms with van der Waals surface area (Å²) in [5, 5.41) is 27.7. The van der Waals surface area contributed by atoms with Gasteiger partial charge in [-0.25, -0.2) is 0 Å². The normalized spacial score (nSPS) is 9.80. The minimum Gasteiger partial charge on any atom is -0.547 e. The van der Waals surface area contributed by atoms with E-state index in [-0.39, 0.29) is 23.1 Å². The molecule has 52 valence electrons. The average Bonchev–Trinajstić information content (AvgIpc) is 1.65. The first-order chi connectivity index (χ1) is 3.89. The molecule has 0 aromatic heterocycles. The molecule has 0 bridgehead atoms. The summed E-state index contributed by atoms with van der Waals surface area (Å²) in [4.78, 5) is 19.4. The Kier molecular flexibility index (Phi) is 4.62. The Morgan fingerprint density at radius 2 is 1.50 bits per heavy atom. The van der Waals surface area contributed by atoms with Gasteiger partial charge in [0, 0.05) is 0 Å². The number of carboxylic acid groups (broad SMARTS) is 2. The maximum absolute atomic E-state index is 9.68. The summed E-state index contributed by atoms with van der Waals surface area (Å²) in [5.74, 6) is -4.16. The molecular weight excluding hydrogens is 152 g/mol. The van der Waals surface area contributed by atoms with Gasteiger partial charge in [-0.3, -0.25) is 0 Å². The smallest absolute Gasteiger partial charge is 0.547 e. The zero-order valence-corrected chi connectivity index (χ0v) is 6.70. The van der Waals surface area contributed by atoms with Crippen molar-refractivity contribution in [2.75, 3.05) is 0 Å². The van der Waals surface area contributed by atoms with Gasteiger partial charge in [0.25, 0.3) is 0 Å². The number of hydrogen-bond acceptors (Lipinski definition) is 5. The number of rotatable bonds is 2. The number of hydrogen-bond donors (Lipinski definition) is 1. The molecule has 0 aliphatic rings. The largest absolute Gasteiger partial charge is 2.00 e. The molecule has 0 fully saturated rings. The fourth-order valence-electron chi connectivity index (χ4n) is 0.0833. The quantitative estimate of drug-likeness (QED) is 0.323. The number of carbonyl (C=O) groups excluding carboxylic acids is 2. The first kappa shape index (κ1) is 12.4. The van der Waals surface area contributed by atoms with Gasteiger partial charge in [0.05, 0.1) is 11.9 Å². The predicted octanol–water partition coefficient (Wildman–Crippen LogP) is -4.14. The summed E-state index contributed by atoms with van der Waals surface area (Å²) < 4.78 is 0. The molecule has 0 aromatic carbocycles. The molecular formula is C4H4MgO5. The molecule has 0 rings (SSSR count). The summed E-state index contributed by atoms with van der Waals surface area (Å²) in [6, 6.07) is 0. The Labute approximate surface area is 72.8 Å². The first-order valence-corrected chi connectivity index (χ1v) is 2.04. The molecule has 0 saturated carbocycles. The second kappa shape index (κ2) is 3.74. The van der Waals surface area contributed by atoms with Crippen LogP contribution in [0.25, 0.3) is 0 Å². The average molecular weight is 156 g/mol. The third-order valence-electron chi connectivity index (χ3n) is 0.795. The topological polar surface area (TPSA) is 100 Å². The van der Waals surface area contributed by atoms with Crippen LogP contribution in [0.2, 0.25) is 0 Å². The van der Waals surface area contributed by atoms with Crippen LogP contribution in [0, 0.1) is 0 Å². The third-order valence-corrected chi connectivity index (χ3v) is 0.795. The summed E-state index contributed by atoms with van der Waals surface area (Å²) in [6.45, 7) is 0.567. The molecule has 1 N–H and O–H groups in total. The van der Waals surface area contributed by atoms with E-state index in [2.05, 4.69) is 0 Å². The van der Waals surface area contributed by atoms with Crippen molar-refractivity contribution in [1.29, 1.82) is 0 Å². The fraction of sp³-hybridized carbons (Fsp3) is 0.500. The van der Waals surface area contributed by atoms with Crippen molar-refractivity contribution in [2.45, 2.75) is 12.5 Å². The molecule has 0 radical (unpaired) electrons. The Morgan fingerprint density at radius 1 is 1.30 bits per heavy atom. The maximum Gasteiger partial charge on any atom is 2.00 e. The summed E-state index contributed by atoms with van der Waals surface area (Å²) in [7, 11) is 0. The molecule has 0 saturated heterocycles. The van der Waals surface area contributed by atoms with Gasteiger partial charge in [-0.2, -0.15) is 0 Å². The number of carboxylic acids is 2. The van der Waals surface area contributed by atoms with Crippen molar-refractivity contribution in [2.24, 2.45) is 0 Å². The van der Waals surface area contributed by atoms with E-state index in [0.29, 0.717) is 6.92 Å². The van der Waals surface area contributed by atoms with E-state index in [4.69, 9.17) is 5.11 Å². The number of aliphatic carboxylic acids is 2. The Balaban J connectivity index is 0. The molecule has 6 heteroatoms. The minimum atomic E-state index is -2.89. The molecule has 0 unspecified atom stereocenters. The van der Waals surface area contributed by atoms with E-state index in [1.807, 2.05) is 0 Å². The van der Waals surface area contributed by atoms with E-state index < -0.39 is 17.5 Å². The van der Waals surface area contributed by atoms with Crippen molar-refractivity contribution < 1.29 is 24.9 Å². The fourth-order valence-corrected chi connectivity index (χ4v) is 0.0833. The molecule has 0 heterocycles. The van der Waals surface area contributed by atoms with Gasteiger partial charge < -0.3 is 24.9 Å². The van der Waals surface area contributed by atoms with E-state index in [0.717, 1.165) is 0 Å². The summed E-state index contributed by atoms with van der Waals surface area (Å²) >= 11 is 0. The van der Waals surface area contributed by atoms with Crippen LogP contribution >= 0.6 is 0 Å². The Hall–Kier alpha value is -0.334. The first-order valence-electron chi connectivity index (χ1n) is 2.04. The monoisotopic (exact) mass is 156 g/mol. The van der Waals surface area contributed by atoms with E-state index in [9.17, 15) is 19.8 Å². The van der Waals surface area contributed by atoms with Crippen LogP contribution in [-0.2, 0) is 9.59 Å². The Bertz CT molecular complexity index is 136. The van der Waals surface area contributed by atoms with Crippen LogP contribution in [0.5, 0.6) is 0 Å². The van der Waals surface area contributed by atoms with Crippen LogP contribution < -0.4 is 10.2 Å². The summed E-state index contributed by atoms with van der Waals surface area (Å²) in [6.07, 6.45) is 0. The molecule has 0 amide bonds. The Morgan fingerprint density at radius 3 is 1.50 bits per heavy atom. The van der Waals surface area contributed by atoms with Crippen molar-refractivity contribution >= 4 is 35.0 Å². The van der Waals surface area contributed by atoms with E-state index >= 15 is 0 Å². The molecule has 0 aliphatic carbocycles. The maximum atomic E-state index is 9.68. The molecule has 5 nitrogen and oxygen atoms in total. The van der Waals surface area contributed by atoms with Gasteiger partial charge in [-0.1, -0.05) is 0 Å². The molecule has 0 atom stereocenters.